The molecule has 0 aliphatic carbocycles. The molecular formula is C15H14ClNO2. The van der Waals surface area contributed by atoms with Gasteiger partial charge in [-0.25, -0.2) is 0 Å². The minimum Gasteiger partial charge on any atom is -0.427 e. The highest BCUT2D eigenvalue weighted by Gasteiger charge is 2.07. The van der Waals surface area contributed by atoms with Crippen molar-refractivity contribution in [3.63, 3.8) is 0 Å². The first-order chi connectivity index (χ1) is 9.15. The SMILES string of the molecule is Nc1ccccc1CCC(=O)Oc1ccc(Cl)cc1. The number of hydrogen-bond acceptors (Lipinski definition) is 3. The fourth-order valence-corrected chi connectivity index (χ4v) is 1.81. The number of aryl methyl sites for hydroxylation is 1. The third-order valence-corrected chi connectivity index (χ3v) is 2.95. The molecule has 4 heteroatoms. The van der Waals surface area contributed by atoms with Crippen LogP contribution < -0.4 is 10.5 Å². The average Bonchev–Trinajstić information content (AvgIpc) is 2.40. The number of nitrogens with two attached hydrogens (primary N) is 1. The van der Waals surface area contributed by atoms with Gasteiger partial charge >= 0.3 is 5.97 Å². The number of nitrogen functional groups attached to an aromatic ring is 1. The number of anilines is 1. The van der Waals surface area contributed by atoms with E-state index in [0.29, 0.717) is 22.9 Å². The van der Waals surface area contributed by atoms with Gasteiger partial charge < -0.3 is 10.5 Å². The van der Waals surface area contributed by atoms with E-state index in [0.717, 1.165) is 5.56 Å². The number of halogens is 1. The number of para-hydroxylation sites is 1. The molecule has 2 aromatic rings. The molecule has 2 aromatic carbocycles. The number of rotatable bonds is 4. The minimum absolute atomic E-state index is 0.287. The Morgan fingerprint density at radius 2 is 1.79 bits per heavy atom. The van der Waals surface area contributed by atoms with Gasteiger partial charge in [0, 0.05) is 10.7 Å². The van der Waals surface area contributed by atoms with Crippen molar-refractivity contribution in [1.82, 2.24) is 0 Å². The standard InChI is InChI=1S/C15H14ClNO2/c16-12-6-8-13(9-7-12)19-15(18)10-5-11-3-1-2-4-14(11)17/h1-4,6-9H,5,10,17H2. The van der Waals surface area contributed by atoms with Crippen molar-refractivity contribution in [2.24, 2.45) is 0 Å². The molecule has 2 N–H and O–H groups in total. The van der Waals surface area contributed by atoms with Crippen LogP contribution >= 0.6 is 11.6 Å². The molecule has 0 fully saturated rings. The van der Waals surface area contributed by atoms with Crippen LogP contribution in [0.25, 0.3) is 0 Å². The summed E-state index contributed by atoms with van der Waals surface area (Å²) >= 11 is 5.75. The van der Waals surface area contributed by atoms with E-state index in [-0.39, 0.29) is 12.4 Å². The molecule has 0 unspecified atom stereocenters. The molecule has 0 saturated carbocycles. The van der Waals surface area contributed by atoms with Crippen molar-refractivity contribution in [2.75, 3.05) is 5.73 Å². The normalized spacial score (nSPS) is 10.2. The molecule has 2 rings (SSSR count). The Hall–Kier alpha value is -2.00. The largest absolute Gasteiger partial charge is 0.427 e. The minimum atomic E-state index is -0.287. The number of hydrogen-bond donors (Lipinski definition) is 1. The number of carbonyl (C=O) groups excluding carboxylic acids is 1. The van der Waals surface area contributed by atoms with Crippen LogP contribution in [-0.2, 0) is 11.2 Å². The zero-order valence-electron chi connectivity index (χ0n) is 10.3. The monoisotopic (exact) mass is 275 g/mol. The summed E-state index contributed by atoms with van der Waals surface area (Å²) in [7, 11) is 0. The molecule has 0 bridgehead atoms. The third-order valence-electron chi connectivity index (χ3n) is 2.70. The first kappa shape index (κ1) is 13.4. The van der Waals surface area contributed by atoms with E-state index in [2.05, 4.69) is 0 Å². The van der Waals surface area contributed by atoms with E-state index >= 15 is 0 Å². The number of benzene rings is 2. The molecule has 98 valence electrons. The second kappa shape index (κ2) is 6.25. The highest BCUT2D eigenvalue weighted by molar-refractivity contribution is 6.30. The Morgan fingerprint density at radius 3 is 2.47 bits per heavy atom. The summed E-state index contributed by atoms with van der Waals surface area (Å²) in [4.78, 5) is 11.7. The lowest BCUT2D eigenvalue weighted by molar-refractivity contribution is -0.134. The molecule has 0 saturated heterocycles. The molecule has 0 aliphatic heterocycles. The van der Waals surface area contributed by atoms with Crippen molar-refractivity contribution in [3.05, 3.63) is 59.1 Å². The molecule has 0 heterocycles. The molecule has 0 spiro atoms. The van der Waals surface area contributed by atoms with E-state index in [4.69, 9.17) is 22.1 Å². The van der Waals surface area contributed by atoms with Gasteiger partial charge in [-0.2, -0.15) is 0 Å². The van der Waals surface area contributed by atoms with E-state index in [1.807, 2.05) is 24.3 Å². The maximum Gasteiger partial charge on any atom is 0.311 e. The zero-order valence-corrected chi connectivity index (χ0v) is 11.1. The molecular weight excluding hydrogens is 262 g/mol. The van der Waals surface area contributed by atoms with Crippen LogP contribution in [-0.4, -0.2) is 5.97 Å². The van der Waals surface area contributed by atoms with Crippen molar-refractivity contribution < 1.29 is 9.53 Å². The lowest BCUT2D eigenvalue weighted by atomic mass is 10.1. The van der Waals surface area contributed by atoms with E-state index in [1.165, 1.54) is 0 Å². The van der Waals surface area contributed by atoms with Gasteiger partial charge in [0.25, 0.3) is 0 Å². The predicted molar refractivity (Wildman–Crippen MR) is 76.3 cm³/mol. The van der Waals surface area contributed by atoms with E-state index < -0.39 is 0 Å². The van der Waals surface area contributed by atoms with Crippen molar-refractivity contribution >= 4 is 23.3 Å². The number of ether oxygens (including phenoxy) is 1. The van der Waals surface area contributed by atoms with E-state index in [9.17, 15) is 4.79 Å². The maximum absolute atomic E-state index is 11.7. The molecule has 0 aliphatic rings. The second-order valence-electron chi connectivity index (χ2n) is 4.13. The van der Waals surface area contributed by atoms with Gasteiger partial charge in [-0.1, -0.05) is 29.8 Å². The van der Waals surface area contributed by atoms with Gasteiger partial charge in [-0.05, 0) is 42.3 Å². The Labute approximate surface area is 117 Å². The molecule has 0 radical (unpaired) electrons. The predicted octanol–water partition coefficient (Wildman–Crippen LogP) is 3.46. The van der Waals surface area contributed by atoms with Crippen LogP contribution in [0, 0.1) is 0 Å². The highest BCUT2D eigenvalue weighted by Crippen LogP contribution is 2.17. The quantitative estimate of drug-likeness (QED) is 0.528. The van der Waals surface area contributed by atoms with Crippen molar-refractivity contribution in [3.8, 4) is 5.75 Å². The molecule has 0 aromatic heterocycles. The van der Waals surface area contributed by atoms with Crippen LogP contribution in [0.1, 0.15) is 12.0 Å². The van der Waals surface area contributed by atoms with Crippen LogP contribution in [0.2, 0.25) is 5.02 Å². The first-order valence-electron chi connectivity index (χ1n) is 5.95. The number of esters is 1. The highest BCUT2D eigenvalue weighted by atomic mass is 35.5. The van der Waals surface area contributed by atoms with Gasteiger partial charge in [-0.15, -0.1) is 0 Å². The number of carbonyl (C=O) groups is 1. The summed E-state index contributed by atoms with van der Waals surface area (Å²) in [6, 6.07) is 14.2. The fourth-order valence-electron chi connectivity index (χ4n) is 1.68. The summed E-state index contributed by atoms with van der Waals surface area (Å²) in [5, 5.41) is 0.608. The zero-order chi connectivity index (χ0) is 13.7. The molecule has 0 amide bonds. The average molecular weight is 276 g/mol. The van der Waals surface area contributed by atoms with Crippen LogP contribution in [0.5, 0.6) is 5.75 Å². The summed E-state index contributed by atoms with van der Waals surface area (Å²) in [5.41, 5.74) is 7.46. The van der Waals surface area contributed by atoms with Crippen molar-refractivity contribution in [2.45, 2.75) is 12.8 Å². The summed E-state index contributed by atoms with van der Waals surface area (Å²) in [6.07, 6.45) is 0.857. The van der Waals surface area contributed by atoms with Crippen LogP contribution in [0.15, 0.2) is 48.5 Å². The lowest BCUT2D eigenvalue weighted by Gasteiger charge is -2.06. The Balaban J connectivity index is 1.88. The Bertz CT molecular complexity index is 567. The van der Waals surface area contributed by atoms with E-state index in [1.54, 1.807) is 24.3 Å². The summed E-state index contributed by atoms with van der Waals surface area (Å²) in [6.45, 7) is 0. The maximum atomic E-state index is 11.7. The first-order valence-corrected chi connectivity index (χ1v) is 6.32. The van der Waals surface area contributed by atoms with Gasteiger partial charge in [0.2, 0.25) is 0 Å². The van der Waals surface area contributed by atoms with Gasteiger partial charge in [-0.3, -0.25) is 4.79 Å². The Kier molecular flexibility index (Phi) is 4.42. The Morgan fingerprint density at radius 1 is 1.11 bits per heavy atom. The summed E-state index contributed by atoms with van der Waals surface area (Å²) < 4.78 is 5.19. The molecule has 19 heavy (non-hydrogen) atoms. The lowest BCUT2D eigenvalue weighted by Crippen LogP contribution is -2.09. The van der Waals surface area contributed by atoms with Crippen LogP contribution in [0.3, 0.4) is 0 Å². The summed E-state index contributed by atoms with van der Waals surface area (Å²) in [5.74, 6) is 0.209. The van der Waals surface area contributed by atoms with Gasteiger partial charge in [0.05, 0.1) is 6.42 Å². The van der Waals surface area contributed by atoms with Crippen LogP contribution in [0.4, 0.5) is 5.69 Å². The molecule has 3 nitrogen and oxygen atoms in total. The topological polar surface area (TPSA) is 52.3 Å². The second-order valence-corrected chi connectivity index (χ2v) is 4.56. The van der Waals surface area contributed by atoms with Gasteiger partial charge in [0.1, 0.15) is 5.75 Å². The van der Waals surface area contributed by atoms with Crippen molar-refractivity contribution in [1.29, 1.82) is 0 Å². The van der Waals surface area contributed by atoms with Gasteiger partial charge in [0.15, 0.2) is 0 Å². The smallest absolute Gasteiger partial charge is 0.311 e. The third kappa shape index (κ3) is 4.00. The fraction of sp³-hybridized carbons (Fsp3) is 0.133. The molecule has 0 atom stereocenters.